The smallest absolute Gasteiger partial charge is 0.270 e. The van der Waals surface area contributed by atoms with Crippen LogP contribution < -0.4 is 14.8 Å². The quantitative estimate of drug-likeness (QED) is 0.357. The monoisotopic (exact) mass is 532 g/mol. The minimum Gasteiger partial charge on any atom is -0.493 e. The molecule has 1 unspecified atom stereocenters. The number of benzene rings is 1. The van der Waals surface area contributed by atoms with E-state index in [1.807, 2.05) is 25.5 Å². The fraction of sp³-hybridized carbons (Fsp3) is 0.500. The van der Waals surface area contributed by atoms with Gasteiger partial charge in [0.05, 0.1) is 23.1 Å². The lowest BCUT2D eigenvalue weighted by Gasteiger charge is -2.37. The number of hydrogen-bond acceptors (Lipinski definition) is 6. The second kappa shape index (κ2) is 10.3. The molecule has 9 nitrogen and oxygen atoms in total. The Labute approximate surface area is 216 Å². The van der Waals surface area contributed by atoms with Crippen LogP contribution in [0.3, 0.4) is 0 Å². The standard InChI is InChI=1S/C26H33FN4O5S/c1-5-6-13-36-17-7-10-20(21(27)14-17)26(4)15-19(22-11-12-31(29-22)16(2)3)23(24(32)28-26)25(33)30-37(34,35)18-8-9-18/h7,10-12,14,16,18H,5-6,8-9,13,15H2,1-4H3,(H,28,32)(H,30,33). The zero-order valence-electron chi connectivity index (χ0n) is 21.5. The summed E-state index contributed by atoms with van der Waals surface area (Å²) in [6.07, 6.45) is 4.47. The number of hydrogen-bond donors (Lipinski definition) is 2. The Morgan fingerprint density at radius 3 is 2.65 bits per heavy atom. The highest BCUT2D eigenvalue weighted by Crippen LogP contribution is 2.40. The molecule has 4 rings (SSSR count). The molecule has 1 atom stereocenters. The number of carbonyl (C=O) groups excluding carboxylic acids is 2. The molecule has 1 aliphatic heterocycles. The first kappa shape index (κ1) is 26.8. The van der Waals surface area contributed by atoms with E-state index in [-0.39, 0.29) is 29.2 Å². The molecule has 2 heterocycles. The molecule has 0 spiro atoms. The Morgan fingerprint density at radius 2 is 2.05 bits per heavy atom. The molecule has 2 aliphatic rings. The fourth-order valence-corrected chi connectivity index (χ4v) is 5.64. The predicted molar refractivity (Wildman–Crippen MR) is 137 cm³/mol. The summed E-state index contributed by atoms with van der Waals surface area (Å²) < 4.78 is 49.5. The molecule has 1 fully saturated rings. The lowest BCUT2D eigenvalue weighted by Crippen LogP contribution is -2.51. The summed E-state index contributed by atoms with van der Waals surface area (Å²) in [4.78, 5) is 26.5. The number of carbonyl (C=O) groups is 2. The maximum absolute atomic E-state index is 15.3. The number of halogens is 1. The van der Waals surface area contributed by atoms with E-state index in [0.717, 1.165) is 12.8 Å². The van der Waals surface area contributed by atoms with Crippen LogP contribution in [0.2, 0.25) is 0 Å². The molecule has 0 bridgehead atoms. The van der Waals surface area contributed by atoms with Crippen molar-refractivity contribution in [3.05, 3.63) is 53.1 Å². The summed E-state index contributed by atoms with van der Waals surface area (Å²) in [5, 5.41) is 6.63. The number of sulfonamides is 1. The summed E-state index contributed by atoms with van der Waals surface area (Å²) >= 11 is 0. The fourth-order valence-electron chi connectivity index (χ4n) is 4.35. The van der Waals surface area contributed by atoms with E-state index < -0.39 is 38.4 Å². The molecule has 200 valence electrons. The first-order valence-electron chi connectivity index (χ1n) is 12.5. The van der Waals surface area contributed by atoms with Crippen molar-refractivity contribution in [3.63, 3.8) is 0 Å². The number of rotatable bonds is 10. The van der Waals surface area contributed by atoms with E-state index in [4.69, 9.17) is 4.74 Å². The summed E-state index contributed by atoms with van der Waals surface area (Å²) in [5.41, 5.74) is -0.746. The van der Waals surface area contributed by atoms with E-state index >= 15 is 4.39 Å². The van der Waals surface area contributed by atoms with Crippen molar-refractivity contribution in [1.82, 2.24) is 19.8 Å². The van der Waals surface area contributed by atoms with Gasteiger partial charge in [0.25, 0.3) is 11.8 Å². The average Bonchev–Trinajstić information content (AvgIpc) is 3.56. The van der Waals surface area contributed by atoms with Crippen LogP contribution >= 0.6 is 0 Å². The van der Waals surface area contributed by atoms with Crippen molar-refractivity contribution in [2.45, 2.75) is 76.6 Å². The molecule has 0 radical (unpaired) electrons. The average molecular weight is 533 g/mol. The van der Waals surface area contributed by atoms with Gasteiger partial charge in [-0.1, -0.05) is 19.4 Å². The van der Waals surface area contributed by atoms with Crippen LogP contribution in [0.4, 0.5) is 4.39 Å². The largest absolute Gasteiger partial charge is 0.493 e. The van der Waals surface area contributed by atoms with Crippen LogP contribution in [-0.2, 0) is 25.2 Å². The van der Waals surface area contributed by atoms with Gasteiger partial charge in [0.15, 0.2) is 0 Å². The van der Waals surface area contributed by atoms with Crippen LogP contribution in [0.5, 0.6) is 5.75 Å². The Balaban J connectivity index is 1.73. The van der Waals surface area contributed by atoms with E-state index in [1.54, 1.807) is 36.0 Å². The second-order valence-electron chi connectivity index (χ2n) is 10.1. The Bertz CT molecular complexity index is 1350. The third kappa shape index (κ3) is 5.71. The van der Waals surface area contributed by atoms with Crippen LogP contribution in [0.1, 0.15) is 77.1 Å². The molecule has 11 heteroatoms. The second-order valence-corrected chi connectivity index (χ2v) is 12.1. The third-order valence-corrected chi connectivity index (χ3v) is 8.44. The van der Waals surface area contributed by atoms with Crippen molar-refractivity contribution in [3.8, 4) is 5.75 Å². The number of aromatic nitrogens is 2. The Hall–Kier alpha value is -3.21. The van der Waals surface area contributed by atoms with Gasteiger partial charge >= 0.3 is 0 Å². The van der Waals surface area contributed by atoms with Gasteiger partial charge in [-0.3, -0.25) is 14.3 Å². The van der Waals surface area contributed by atoms with Gasteiger partial charge in [-0.05, 0) is 52.2 Å². The Kier molecular flexibility index (Phi) is 7.45. The summed E-state index contributed by atoms with van der Waals surface area (Å²) in [6, 6.07) is 6.17. The van der Waals surface area contributed by atoms with Crippen LogP contribution in [-0.4, -0.2) is 41.9 Å². The van der Waals surface area contributed by atoms with Gasteiger partial charge in [-0.15, -0.1) is 0 Å². The molecule has 2 amide bonds. The van der Waals surface area contributed by atoms with Crippen molar-refractivity contribution in [1.29, 1.82) is 0 Å². The Morgan fingerprint density at radius 1 is 1.32 bits per heavy atom. The zero-order chi connectivity index (χ0) is 27.0. The minimum absolute atomic E-state index is 0.0170. The van der Waals surface area contributed by atoms with Gasteiger partial charge in [0, 0.05) is 35.9 Å². The maximum Gasteiger partial charge on any atom is 0.270 e. The number of nitrogens with zero attached hydrogens (tertiary/aromatic N) is 2. The lowest BCUT2D eigenvalue weighted by atomic mass is 9.79. The summed E-state index contributed by atoms with van der Waals surface area (Å²) in [6.45, 7) is 8.02. The van der Waals surface area contributed by atoms with E-state index in [2.05, 4.69) is 10.4 Å². The highest BCUT2D eigenvalue weighted by Gasteiger charge is 2.44. The summed E-state index contributed by atoms with van der Waals surface area (Å²) in [7, 11) is -3.89. The lowest BCUT2D eigenvalue weighted by molar-refractivity contribution is -0.124. The highest BCUT2D eigenvalue weighted by atomic mass is 32.2. The topological polar surface area (TPSA) is 119 Å². The van der Waals surface area contributed by atoms with Crippen LogP contribution in [0.25, 0.3) is 5.57 Å². The van der Waals surface area contributed by atoms with Gasteiger partial charge in [-0.25, -0.2) is 17.5 Å². The van der Waals surface area contributed by atoms with Crippen molar-refractivity contribution in [2.24, 2.45) is 0 Å². The van der Waals surface area contributed by atoms with E-state index in [1.165, 1.54) is 6.07 Å². The number of unbranched alkanes of at least 4 members (excludes halogenated alkanes) is 1. The molecule has 0 saturated heterocycles. The van der Waals surface area contributed by atoms with Gasteiger partial charge < -0.3 is 10.1 Å². The number of nitrogens with one attached hydrogen (secondary N) is 2. The molecule has 37 heavy (non-hydrogen) atoms. The SMILES string of the molecule is CCCCOc1ccc(C2(C)CC(c3ccn(C(C)C)n3)=C(C(=O)NS(=O)(=O)C3CC3)C(=O)N2)c(F)c1. The number of ether oxygens (including phenoxy) is 1. The third-order valence-electron chi connectivity index (χ3n) is 6.62. The van der Waals surface area contributed by atoms with Crippen LogP contribution in [0, 0.1) is 5.82 Å². The van der Waals surface area contributed by atoms with Gasteiger partial charge in [0.2, 0.25) is 10.0 Å². The van der Waals surface area contributed by atoms with Gasteiger partial charge in [-0.2, -0.15) is 5.10 Å². The summed E-state index contributed by atoms with van der Waals surface area (Å²) in [5.74, 6) is -1.99. The maximum atomic E-state index is 15.3. The van der Waals surface area contributed by atoms with Crippen molar-refractivity contribution < 1.29 is 27.1 Å². The molecule has 2 aromatic rings. The van der Waals surface area contributed by atoms with Crippen molar-refractivity contribution >= 4 is 27.4 Å². The predicted octanol–water partition coefficient (Wildman–Crippen LogP) is 3.58. The molecule has 1 aromatic carbocycles. The molecule has 1 saturated carbocycles. The normalized spacial score (nSPS) is 20.2. The first-order valence-corrected chi connectivity index (χ1v) is 14.1. The molecule has 1 aromatic heterocycles. The minimum atomic E-state index is -3.89. The number of amides is 2. The molecule has 1 aliphatic carbocycles. The van der Waals surface area contributed by atoms with E-state index in [9.17, 15) is 18.0 Å². The molecule has 2 N–H and O–H groups in total. The highest BCUT2D eigenvalue weighted by molar-refractivity contribution is 7.91. The van der Waals surface area contributed by atoms with Crippen LogP contribution in [0.15, 0.2) is 36.0 Å². The van der Waals surface area contributed by atoms with E-state index in [0.29, 0.717) is 30.9 Å². The molecular weight excluding hydrogens is 499 g/mol. The van der Waals surface area contributed by atoms with Gasteiger partial charge in [0.1, 0.15) is 17.1 Å². The van der Waals surface area contributed by atoms with Crippen molar-refractivity contribution in [2.75, 3.05) is 6.61 Å². The first-order chi connectivity index (χ1) is 17.4. The molecular formula is C26H33FN4O5S. The zero-order valence-corrected chi connectivity index (χ0v) is 22.3.